The van der Waals surface area contributed by atoms with Gasteiger partial charge in [-0.05, 0) is 31.2 Å². The summed E-state index contributed by atoms with van der Waals surface area (Å²) in [6.07, 6.45) is 0. The maximum absolute atomic E-state index is 12.8. The standard InChI is InChI=1S/C13H13FN4O2/c1-7-11(15-8(2)19)12(18-17-7)13(20)16-10-5-3-9(14)4-6-10/h3-6H,1-2H3,(H,15,19)(H,16,20)(H,17,18). The molecule has 0 atom stereocenters. The molecule has 0 aliphatic heterocycles. The molecule has 0 unspecified atom stereocenters. The van der Waals surface area contributed by atoms with Crippen LogP contribution in [-0.2, 0) is 4.79 Å². The summed E-state index contributed by atoms with van der Waals surface area (Å²) < 4.78 is 12.8. The lowest BCUT2D eigenvalue weighted by Gasteiger charge is -2.06. The number of hydrogen-bond donors (Lipinski definition) is 3. The third-order valence-electron chi connectivity index (χ3n) is 2.57. The van der Waals surface area contributed by atoms with Crippen LogP contribution in [0.15, 0.2) is 24.3 Å². The van der Waals surface area contributed by atoms with Crippen molar-refractivity contribution < 1.29 is 14.0 Å². The topological polar surface area (TPSA) is 86.9 Å². The minimum Gasteiger partial charge on any atom is -0.323 e. The number of benzene rings is 1. The fraction of sp³-hybridized carbons (Fsp3) is 0.154. The fourth-order valence-corrected chi connectivity index (χ4v) is 1.65. The average molecular weight is 276 g/mol. The van der Waals surface area contributed by atoms with Gasteiger partial charge in [0.2, 0.25) is 5.91 Å². The van der Waals surface area contributed by atoms with E-state index in [1.807, 2.05) is 0 Å². The molecule has 0 fully saturated rings. The van der Waals surface area contributed by atoms with Gasteiger partial charge in [0.1, 0.15) is 5.82 Å². The summed E-state index contributed by atoms with van der Waals surface area (Å²) in [7, 11) is 0. The zero-order chi connectivity index (χ0) is 14.7. The third-order valence-corrected chi connectivity index (χ3v) is 2.57. The Bertz CT molecular complexity index is 649. The van der Waals surface area contributed by atoms with Crippen LogP contribution < -0.4 is 10.6 Å². The van der Waals surface area contributed by atoms with Gasteiger partial charge in [0.15, 0.2) is 5.69 Å². The van der Waals surface area contributed by atoms with Crippen LogP contribution in [0.3, 0.4) is 0 Å². The average Bonchev–Trinajstić information content (AvgIpc) is 2.73. The highest BCUT2D eigenvalue weighted by Gasteiger charge is 2.18. The molecule has 3 N–H and O–H groups in total. The van der Waals surface area contributed by atoms with Crippen molar-refractivity contribution in [3.8, 4) is 0 Å². The number of aryl methyl sites for hydroxylation is 1. The zero-order valence-corrected chi connectivity index (χ0v) is 11.0. The van der Waals surface area contributed by atoms with Crippen molar-refractivity contribution in [1.29, 1.82) is 0 Å². The first-order valence-corrected chi connectivity index (χ1v) is 5.87. The molecule has 2 amide bonds. The molecule has 0 saturated carbocycles. The largest absolute Gasteiger partial charge is 0.323 e. The van der Waals surface area contributed by atoms with Crippen LogP contribution >= 0.6 is 0 Å². The molecule has 1 heterocycles. The van der Waals surface area contributed by atoms with Crippen molar-refractivity contribution in [2.75, 3.05) is 10.6 Å². The van der Waals surface area contributed by atoms with E-state index in [0.717, 1.165) is 0 Å². The van der Waals surface area contributed by atoms with E-state index in [1.54, 1.807) is 6.92 Å². The summed E-state index contributed by atoms with van der Waals surface area (Å²) in [6.45, 7) is 3.03. The van der Waals surface area contributed by atoms with Crippen LogP contribution in [0.5, 0.6) is 0 Å². The molecule has 0 saturated heterocycles. The Morgan fingerprint density at radius 1 is 1.20 bits per heavy atom. The van der Waals surface area contributed by atoms with Crippen molar-refractivity contribution in [1.82, 2.24) is 10.2 Å². The van der Waals surface area contributed by atoms with E-state index in [-0.39, 0.29) is 11.6 Å². The number of carbonyl (C=O) groups excluding carboxylic acids is 2. The van der Waals surface area contributed by atoms with Gasteiger partial charge in [-0.1, -0.05) is 0 Å². The lowest BCUT2D eigenvalue weighted by molar-refractivity contribution is -0.114. The second-order valence-electron chi connectivity index (χ2n) is 4.21. The predicted octanol–water partition coefficient (Wildman–Crippen LogP) is 2.07. The van der Waals surface area contributed by atoms with E-state index in [9.17, 15) is 14.0 Å². The van der Waals surface area contributed by atoms with Gasteiger partial charge in [-0.25, -0.2) is 4.39 Å². The quantitative estimate of drug-likeness (QED) is 0.802. The SMILES string of the molecule is CC(=O)Nc1c(C(=O)Nc2ccc(F)cc2)n[nH]c1C. The van der Waals surface area contributed by atoms with Gasteiger partial charge in [-0.3, -0.25) is 14.7 Å². The monoisotopic (exact) mass is 276 g/mol. The third kappa shape index (κ3) is 3.00. The first-order chi connectivity index (χ1) is 9.47. The molecule has 2 rings (SSSR count). The van der Waals surface area contributed by atoms with Crippen molar-refractivity contribution in [2.24, 2.45) is 0 Å². The Kier molecular flexibility index (Phi) is 3.79. The summed E-state index contributed by atoms with van der Waals surface area (Å²) in [5.41, 5.74) is 1.41. The van der Waals surface area contributed by atoms with Gasteiger partial charge in [-0.2, -0.15) is 5.10 Å². The summed E-state index contributed by atoms with van der Waals surface area (Å²) in [5.74, 6) is -1.19. The highest BCUT2D eigenvalue weighted by atomic mass is 19.1. The van der Waals surface area contributed by atoms with Gasteiger partial charge in [-0.15, -0.1) is 0 Å². The molecule has 2 aromatic rings. The summed E-state index contributed by atoms with van der Waals surface area (Å²) >= 11 is 0. The van der Waals surface area contributed by atoms with Crippen molar-refractivity contribution >= 4 is 23.2 Å². The van der Waals surface area contributed by atoms with E-state index in [1.165, 1.54) is 31.2 Å². The molecule has 0 aliphatic rings. The number of halogens is 1. The van der Waals surface area contributed by atoms with E-state index in [2.05, 4.69) is 20.8 Å². The number of nitrogens with zero attached hydrogens (tertiary/aromatic N) is 1. The molecule has 104 valence electrons. The highest BCUT2D eigenvalue weighted by molar-refractivity contribution is 6.08. The Balaban J connectivity index is 2.21. The lowest BCUT2D eigenvalue weighted by Crippen LogP contribution is -2.16. The number of nitrogens with one attached hydrogen (secondary N) is 3. The minimum atomic E-state index is -0.496. The number of carbonyl (C=O) groups is 2. The van der Waals surface area contributed by atoms with Gasteiger partial charge < -0.3 is 10.6 Å². The highest BCUT2D eigenvalue weighted by Crippen LogP contribution is 2.19. The molecule has 1 aromatic heterocycles. The van der Waals surface area contributed by atoms with Crippen LogP contribution in [0, 0.1) is 12.7 Å². The minimum absolute atomic E-state index is 0.0713. The van der Waals surface area contributed by atoms with Gasteiger partial charge in [0.25, 0.3) is 5.91 Å². The number of aromatic nitrogens is 2. The number of aromatic amines is 1. The van der Waals surface area contributed by atoms with Crippen LogP contribution in [0.2, 0.25) is 0 Å². The molecule has 0 aliphatic carbocycles. The molecule has 0 bridgehead atoms. The fourth-order valence-electron chi connectivity index (χ4n) is 1.65. The molecule has 0 radical (unpaired) electrons. The number of H-pyrrole nitrogens is 1. The van der Waals surface area contributed by atoms with Crippen LogP contribution in [0.25, 0.3) is 0 Å². The van der Waals surface area contributed by atoms with Gasteiger partial charge in [0.05, 0.1) is 11.4 Å². The molecule has 20 heavy (non-hydrogen) atoms. The molecule has 1 aromatic carbocycles. The zero-order valence-electron chi connectivity index (χ0n) is 11.0. The molecule has 6 nitrogen and oxygen atoms in total. The molecular weight excluding hydrogens is 263 g/mol. The number of anilines is 2. The van der Waals surface area contributed by atoms with Crippen LogP contribution in [0.4, 0.5) is 15.8 Å². The van der Waals surface area contributed by atoms with Crippen molar-refractivity contribution in [2.45, 2.75) is 13.8 Å². The number of amides is 2. The molecule has 7 heteroatoms. The number of hydrogen-bond acceptors (Lipinski definition) is 3. The summed E-state index contributed by atoms with van der Waals surface area (Å²) in [6, 6.07) is 5.34. The Morgan fingerprint density at radius 3 is 2.45 bits per heavy atom. The van der Waals surface area contributed by atoms with Crippen LogP contribution in [-0.4, -0.2) is 22.0 Å². The van der Waals surface area contributed by atoms with Gasteiger partial charge >= 0.3 is 0 Å². The van der Waals surface area contributed by atoms with Gasteiger partial charge in [0, 0.05) is 12.6 Å². The molecule has 0 spiro atoms. The van der Waals surface area contributed by atoms with E-state index in [4.69, 9.17) is 0 Å². The lowest BCUT2D eigenvalue weighted by atomic mass is 10.2. The van der Waals surface area contributed by atoms with E-state index >= 15 is 0 Å². The maximum Gasteiger partial charge on any atom is 0.278 e. The van der Waals surface area contributed by atoms with Crippen LogP contribution in [0.1, 0.15) is 23.1 Å². The van der Waals surface area contributed by atoms with Crippen molar-refractivity contribution in [3.63, 3.8) is 0 Å². The maximum atomic E-state index is 12.8. The molecular formula is C13H13FN4O2. The van der Waals surface area contributed by atoms with E-state index in [0.29, 0.717) is 17.1 Å². The predicted molar refractivity (Wildman–Crippen MR) is 72.0 cm³/mol. The first-order valence-electron chi connectivity index (χ1n) is 5.87. The number of rotatable bonds is 3. The smallest absolute Gasteiger partial charge is 0.278 e. The Hall–Kier alpha value is -2.70. The second kappa shape index (κ2) is 5.52. The second-order valence-corrected chi connectivity index (χ2v) is 4.21. The van der Waals surface area contributed by atoms with E-state index < -0.39 is 11.7 Å². The summed E-state index contributed by atoms with van der Waals surface area (Å²) in [5, 5.41) is 11.6. The first kappa shape index (κ1) is 13.7. The Morgan fingerprint density at radius 2 is 1.85 bits per heavy atom. The normalized spacial score (nSPS) is 10.2. The summed E-state index contributed by atoms with van der Waals surface area (Å²) in [4.78, 5) is 23.2. The Labute approximate surface area is 114 Å². The van der Waals surface area contributed by atoms with Crippen molar-refractivity contribution in [3.05, 3.63) is 41.5 Å².